The molecule has 2 aromatic carbocycles. The lowest BCUT2D eigenvalue weighted by atomic mass is 10.00. The molecule has 0 saturated carbocycles. The molecule has 1 aliphatic rings. The second-order valence-corrected chi connectivity index (χ2v) is 6.82. The van der Waals surface area contributed by atoms with Gasteiger partial charge >= 0.3 is 0 Å². The third-order valence-electron chi connectivity index (χ3n) is 4.95. The molecule has 0 atom stereocenters. The summed E-state index contributed by atoms with van der Waals surface area (Å²) in [6.07, 6.45) is 1.02. The first-order chi connectivity index (χ1) is 13.7. The van der Waals surface area contributed by atoms with Crippen molar-refractivity contribution in [1.29, 1.82) is 0 Å². The van der Waals surface area contributed by atoms with Crippen LogP contribution in [0.15, 0.2) is 48.5 Å². The van der Waals surface area contributed by atoms with Crippen LogP contribution in [0.3, 0.4) is 0 Å². The fourth-order valence-electron chi connectivity index (χ4n) is 3.48. The fourth-order valence-corrected chi connectivity index (χ4v) is 3.48. The zero-order chi connectivity index (χ0) is 19.5. The molecule has 144 valence electrons. The molecule has 2 heterocycles. The molecule has 6 heteroatoms. The van der Waals surface area contributed by atoms with Crippen molar-refractivity contribution < 1.29 is 9.47 Å². The Morgan fingerprint density at radius 3 is 2.57 bits per heavy atom. The quantitative estimate of drug-likeness (QED) is 0.723. The predicted molar refractivity (Wildman–Crippen MR) is 111 cm³/mol. The molecular weight excluding hydrogens is 352 g/mol. The highest BCUT2D eigenvalue weighted by Crippen LogP contribution is 2.31. The Morgan fingerprint density at radius 2 is 1.79 bits per heavy atom. The molecule has 4 rings (SSSR count). The Hall–Kier alpha value is -3.28. The van der Waals surface area contributed by atoms with Crippen LogP contribution in [0.25, 0.3) is 0 Å². The highest BCUT2D eigenvalue weighted by atomic mass is 16.5. The van der Waals surface area contributed by atoms with E-state index in [1.807, 2.05) is 31.2 Å². The van der Waals surface area contributed by atoms with E-state index in [1.165, 1.54) is 11.1 Å². The van der Waals surface area contributed by atoms with Gasteiger partial charge in [-0.2, -0.15) is 4.98 Å². The minimum Gasteiger partial charge on any atom is -0.497 e. The van der Waals surface area contributed by atoms with Gasteiger partial charge in [-0.05, 0) is 36.6 Å². The Balaban J connectivity index is 1.60. The maximum Gasteiger partial charge on any atom is 0.229 e. The van der Waals surface area contributed by atoms with E-state index in [2.05, 4.69) is 39.5 Å². The topological polar surface area (TPSA) is 59.5 Å². The maximum absolute atomic E-state index is 5.47. The van der Waals surface area contributed by atoms with Gasteiger partial charge in [0.1, 0.15) is 17.3 Å². The molecule has 0 amide bonds. The minimum atomic E-state index is 0.553. The summed E-state index contributed by atoms with van der Waals surface area (Å²) < 4.78 is 10.7. The van der Waals surface area contributed by atoms with Crippen LogP contribution in [0.4, 0.5) is 17.5 Å². The second-order valence-electron chi connectivity index (χ2n) is 6.82. The van der Waals surface area contributed by atoms with E-state index in [4.69, 9.17) is 14.5 Å². The molecule has 0 radical (unpaired) electrons. The summed E-state index contributed by atoms with van der Waals surface area (Å²) in [6, 6.07) is 16.2. The molecule has 0 fully saturated rings. The van der Waals surface area contributed by atoms with Crippen LogP contribution in [0, 0.1) is 6.92 Å². The number of nitrogens with zero attached hydrogens (tertiary/aromatic N) is 3. The molecule has 0 unspecified atom stereocenters. The van der Waals surface area contributed by atoms with Crippen LogP contribution >= 0.6 is 0 Å². The first-order valence-electron chi connectivity index (χ1n) is 9.33. The van der Waals surface area contributed by atoms with Gasteiger partial charge in [-0.1, -0.05) is 24.3 Å². The third-order valence-corrected chi connectivity index (χ3v) is 4.95. The van der Waals surface area contributed by atoms with Gasteiger partial charge < -0.3 is 19.7 Å². The average Bonchev–Trinajstić information content (AvgIpc) is 2.73. The fraction of sp³-hybridized carbons (Fsp3) is 0.273. The molecule has 1 aromatic heterocycles. The maximum atomic E-state index is 5.47. The van der Waals surface area contributed by atoms with Crippen molar-refractivity contribution in [3.05, 3.63) is 65.4 Å². The number of aromatic nitrogens is 2. The van der Waals surface area contributed by atoms with Crippen molar-refractivity contribution in [3.8, 4) is 11.5 Å². The smallest absolute Gasteiger partial charge is 0.229 e. The van der Waals surface area contributed by atoms with E-state index in [1.54, 1.807) is 14.2 Å². The van der Waals surface area contributed by atoms with Crippen molar-refractivity contribution in [2.45, 2.75) is 19.9 Å². The standard InChI is InChI=1S/C22H24N4O2/c1-15-12-21(26-11-10-16-6-4-5-7-17(16)14-26)25-22(23-15)24-19-9-8-18(27-2)13-20(19)28-3/h4-9,12-13H,10-11,14H2,1-3H3,(H,23,24,25). The molecule has 28 heavy (non-hydrogen) atoms. The normalized spacial score (nSPS) is 13.0. The summed E-state index contributed by atoms with van der Waals surface area (Å²) in [5.41, 5.74) is 4.49. The first-order valence-corrected chi connectivity index (χ1v) is 9.33. The van der Waals surface area contributed by atoms with Gasteiger partial charge in [0.2, 0.25) is 5.95 Å². The van der Waals surface area contributed by atoms with Gasteiger partial charge in [0, 0.05) is 30.9 Å². The van der Waals surface area contributed by atoms with Crippen LogP contribution in [0.5, 0.6) is 11.5 Å². The summed E-state index contributed by atoms with van der Waals surface area (Å²) >= 11 is 0. The third kappa shape index (κ3) is 3.71. The van der Waals surface area contributed by atoms with Crippen LogP contribution in [0.2, 0.25) is 0 Å². The molecule has 1 aliphatic heterocycles. The molecular formula is C22H24N4O2. The van der Waals surface area contributed by atoms with E-state index < -0.39 is 0 Å². The molecule has 1 N–H and O–H groups in total. The number of anilines is 3. The van der Waals surface area contributed by atoms with Crippen molar-refractivity contribution in [2.75, 3.05) is 31.0 Å². The molecule has 0 spiro atoms. The molecule has 0 saturated heterocycles. The highest BCUT2D eigenvalue weighted by Gasteiger charge is 2.18. The van der Waals surface area contributed by atoms with Gasteiger partial charge in [0.25, 0.3) is 0 Å². The summed E-state index contributed by atoms with van der Waals surface area (Å²) in [5, 5.41) is 3.28. The zero-order valence-corrected chi connectivity index (χ0v) is 16.4. The van der Waals surface area contributed by atoms with Gasteiger partial charge in [0.15, 0.2) is 0 Å². The second kappa shape index (κ2) is 7.76. The van der Waals surface area contributed by atoms with Gasteiger partial charge in [-0.3, -0.25) is 0 Å². The van der Waals surface area contributed by atoms with Crippen molar-refractivity contribution in [3.63, 3.8) is 0 Å². The number of rotatable bonds is 5. The Bertz CT molecular complexity index is 990. The summed E-state index contributed by atoms with van der Waals surface area (Å²) in [7, 11) is 3.27. The lowest BCUT2D eigenvalue weighted by molar-refractivity contribution is 0.395. The Labute approximate surface area is 165 Å². The number of fused-ring (bicyclic) bond motifs is 1. The van der Waals surface area contributed by atoms with Gasteiger partial charge in [-0.25, -0.2) is 4.98 Å². The van der Waals surface area contributed by atoms with Crippen molar-refractivity contribution in [2.24, 2.45) is 0 Å². The first kappa shape index (κ1) is 18.1. The lowest BCUT2D eigenvalue weighted by Crippen LogP contribution is -2.31. The van der Waals surface area contributed by atoms with Crippen LogP contribution in [0.1, 0.15) is 16.8 Å². The number of nitrogens with one attached hydrogen (secondary N) is 1. The number of methoxy groups -OCH3 is 2. The minimum absolute atomic E-state index is 0.553. The molecule has 3 aromatic rings. The van der Waals surface area contributed by atoms with E-state index in [9.17, 15) is 0 Å². The predicted octanol–water partition coefficient (Wildman–Crippen LogP) is 4.11. The van der Waals surface area contributed by atoms with E-state index in [-0.39, 0.29) is 0 Å². The number of aryl methyl sites for hydroxylation is 1. The number of hydrogen-bond acceptors (Lipinski definition) is 6. The van der Waals surface area contributed by atoms with Crippen molar-refractivity contribution >= 4 is 17.5 Å². The van der Waals surface area contributed by atoms with Crippen molar-refractivity contribution in [1.82, 2.24) is 9.97 Å². The molecule has 0 aliphatic carbocycles. The monoisotopic (exact) mass is 376 g/mol. The van der Waals surface area contributed by atoms with Crippen LogP contribution < -0.4 is 19.7 Å². The summed E-state index contributed by atoms with van der Waals surface area (Å²) in [5.74, 6) is 2.90. The molecule has 0 bridgehead atoms. The van der Waals surface area contributed by atoms with E-state index in [0.29, 0.717) is 11.7 Å². The summed E-state index contributed by atoms with van der Waals surface area (Å²) in [4.78, 5) is 11.6. The SMILES string of the molecule is COc1ccc(Nc2nc(C)cc(N3CCc4ccccc4C3)n2)c(OC)c1. The average molecular weight is 376 g/mol. The zero-order valence-electron chi connectivity index (χ0n) is 16.4. The summed E-state index contributed by atoms with van der Waals surface area (Å²) in [6.45, 7) is 3.79. The number of ether oxygens (including phenoxy) is 2. The van der Waals surface area contributed by atoms with Gasteiger partial charge in [-0.15, -0.1) is 0 Å². The Kier molecular flexibility index (Phi) is 5.02. The van der Waals surface area contributed by atoms with E-state index >= 15 is 0 Å². The number of benzene rings is 2. The van der Waals surface area contributed by atoms with Crippen LogP contribution in [-0.4, -0.2) is 30.7 Å². The lowest BCUT2D eigenvalue weighted by Gasteiger charge is -2.30. The molecule has 6 nitrogen and oxygen atoms in total. The van der Waals surface area contributed by atoms with Crippen LogP contribution in [-0.2, 0) is 13.0 Å². The van der Waals surface area contributed by atoms with E-state index in [0.717, 1.165) is 42.5 Å². The number of hydrogen-bond donors (Lipinski definition) is 1. The highest BCUT2D eigenvalue weighted by molar-refractivity contribution is 5.65. The largest absolute Gasteiger partial charge is 0.497 e. The Morgan fingerprint density at radius 1 is 0.964 bits per heavy atom. The van der Waals surface area contributed by atoms with Gasteiger partial charge in [0.05, 0.1) is 19.9 Å².